The van der Waals surface area contributed by atoms with Crippen molar-refractivity contribution in [2.75, 3.05) is 33.3 Å². The van der Waals surface area contributed by atoms with Gasteiger partial charge in [-0.25, -0.2) is 0 Å². The Hall–Kier alpha value is -1.80. The first kappa shape index (κ1) is 28.2. The van der Waals surface area contributed by atoms with Crippen LogP contribution in [0.4, 0.5) is 0 Å². The van der Waals surface area contributed by atoms with E-state index in [2.05, 4.69) is 52.8 Å². The summed E-state index contributed by atoms with van der Waals surface area (Å²) in [7, 11) is 1.80. The topological polar surface area (TPSA) is 81.2 Å². The van der Waals surface area contributed by atoms with E-state index in [-0.39, 0.29) is 40.5 Å². The number of carbonyl (C=O) groups is 3. The molecule has 3 amide bonds. The number of unbranched alkanes of at least 4 members (excludes halogenated alkanes) is 3. The van der Waals surface area contributed by atoms with Gasteiger partial charge in [0.05, 0.1) is 16.6 Å². The lowest BCUT2D eigenvalue weighted by Gasteiger charge is -2.44. The van der Waals surface area contributed by atoms with Crippen molar-refractivity contribution in [3.63, 3.8) is 0 Å². The molecule has 0 aromatic heterocycles. The number of aliphatic hydroxyl groups excluding tert-OH is 1. The highest BCUT2D eigenvalue weighted by atomic mass is 32.2. The van der Waals surface area contributed by atoms with Gasteiger partial charge in [0.2, 0.25) is 17.7 Å². The lowest BCUT2D eigenvalue weighted by atomic mass is 9.77. The van der Waals surface area contributed by atoms with Crippen LogP contribution in [0.3, 0.4) is 0 Å². The van der Waals surface area contributed by atoms with Crippen molar-refractivity contribution in [2.45, 2.75) is 88.3 Å². The minimum absolute atomic E-state index is 0.000740. The fourth-order valence-corrected chi connectivity index (χ4v) is 9.20. The first-order chi connectivity index (χ1) is 17.3. The first-order valence-electron chi connectivity index (χ1n) is 13.8. The quantitative estimate of drug-likeness (QED) is 0.383. The fraction of sp³-hybridized carbons (Fsp3) is 0.759. The summed E-state index contributed by atoms with van der Waals surface area (Å²) in [5, 5.41) is 9.03. The molecule has 5 atom stereocenters. The van der Waals surface area contributed by atoms with E-state index in [4.69, 9.17) is 5.11 Å². The predicted octanol–water partition coefficient (Wildman–Crippen LogP) is 3.48. The highest BCUT2D eigenvalue weighted by molar-refractivity contribution is 8.02. The van der Waals surface area contributed by atoms with Crippen LogP contribution in [-0.4, -0.2) is 92.4 Å². The molecule has 1 unspecified atom stereocenters. The van der Waals surface area contributed by atoms with E-state index in [0.717, 1.165) is 32.1 Å². The summed E-state index contributed by atoms with van der Waals surface area (Å²) in [4.78, 5) is 47.8. The second-order valence-corrected chi connectivity index (χ2v) is 14.5. The molecular weight excluding hydrogens is 486 g/mol. The number of carbonyl (C=O) groups excluding carboxylic acids is 3. The summed E-state index contributed by atoms with van der Waals surface area (Å²) < 4.78 is -0.751. The van der Waals surface area contributed by atoms with Gasteiger partial charge in [-0.05, 0) is 38.5 Å². The molecule has 0 aromatic rings. The molecule has 4 aliphatic rings. The number of likely N-dealkylation sites (N-methyl/N-ethyl adjacent to an activating group) is 1. The van der Waals surface area contributed by atoms with Crippen LogP contribution in [-0.2, 0) is 14.4 Å². The van der Waals surface area contributed by atoms with E-state index in [1.54, 1.807) is 23.7 Å². The molecule has 7 nitrogen and oxygen atoms in total. The van der Waals surface area contributed by atoms with Crippen LogP contribution < -0.4 is 0 Å². The summed E-state index contributed by atoms with van der Waals surface area (Å²) >= 11 is 1.65. The highest BCUT2D eigenvalue weighted by Gasteiger charge is 2.71. The molecule has 2 saturated heterocycles. The van der Waals surface area contributed by atoms with Gasteiger partial charge in [-0.2, -0.15) is 0 Å². The van der Waals surface area contributed by atoms with Crippen LogP contribution in [0.5, 0.6) is 0 Å². The van der Waals surface area contributed by atoms with Crippen molar-refractivity contribution in [3.05, 3.63) is 24.3 Å². The van der Waals surface area contributed by atoms with Crippen molar-refractivity contribution in [2.24, 2.45) is 17.3 Å². The normalized spacial score (nSPS) is 32.0. The van der Waals surface area contributed by atoms with Gasteiger partial charge < -0.3 is 19.8 Å². The molecule has 0 bridgehead atoms. The Morgan fingerprint density at radius 1 is 0.973 bits per heavy atom. The largest absolute Gasteiger partial charge is 0.396 e. The SMILES string of the molecule is CN1CC=C[C@@H]2S[C@]34C=CCN(C(C)(C)CC(C)(C)C)C(=O)C3N(CCCCCCO)C(=O)[C@@H]4[C@@H]2C1=O. The number of thioether (sulfide) groups is 1. The van der Waals surface area contributed by atoms with E-state index in [1.807, 2.05) is 15.9 Å². The molecule has 0 aliphatic carbocycles. The van der Waals surface area contributed by atoms with Gasteiger partial charge in [-0.3, -0.25) is 14.4 Å². The zero-order valence-corrected chi connectivity index (χ0v) is 24.2. The Balaban J connectivity index is 1.73. The zero-order valence-electron chi connectivity index (χ0n) is 23.4. The summed E-state index contributed by atoms with van der Waals surface area (Å²) in [5.74, 6) is -1.07. The third-order valence-corrected chi connectivity index (χ3v) is 10.1. The van der Waals surface area contributed by atoms with Crippen molar-refractivity contribution in [1.29, 1.82) is 0 Å². The molecule has 4 heterocycles. The number of nitrogens with zero attached hydrogens (tertiary/aromatic N) is 3. The van der Waals surface area contributed by atoms with Crippen LogP contribution in [0.1, 0.15) is 66.7 Å². The molecule has 37 heavy (non-hydrogen) atoms. The molecule has 1 spiro atoms. The monoisotopic (exact) mass is 531 g/mol. The summed E-state index contributed by atoms with van der Waals surface area (Å²) in [5.41, 5.74) is -0.350. The minimum Gasteiger partial charge on any atom is -0.396 e. The van der Waals surface area contributed by atoms with Gasteiger partial charge in [-0.1, -0.05) is 57.9 Å². The number of aliphatic hydroxyl groups is 1. The molecule has 2 fully saturated rings. The average molecular weight is 532 g/mol. The Labute approximate surface area is 226 Å². The predicted molar refractivity (Wildman–Crippen MR) is 148 cm³/mol. The second kappa shape index (κ2) is 10.4. The summed E-state index contributed by atoms with van der Waals surface area (Å²) in [6.45, 7) is 12.5. The molecule has 0 aromatic carbocycles. The zero-order chi connectivity index (χ0) is 27.2. The smallest absolute Gasteiger partial charge is 0.247 e. The van der Waals surface area contributed by atoms with E-state index < -0.39 is 22.6 Å². The Kier molecular flexibility index (Phi) is 7.93. The van der Waals surface area contributed by atoms with Crippen LogP contribution in [0.15, 0.2) is 24.3 Å². The standard InChI is InChI=1S/C29H45N3O4S/c1-27(2,3)19-28(4,5)32-17-12-14-29-22(21-20(37-29)13-11-15-30(6)24(21)34)25(35)31(23(29)26(32)36)16-9-7-8-10-18-33/h11-14,20-23,33H,7-10,15-19H2,1-6H3/t20-,21+,22-,23?,29-/m0/s1. The third kappa shape index (κ3) is 5.12. The molecule has 4 rings (SSSR count). The maximum absolute atomic E-state index is 14.5. The lowest BCUT2D eigenvalue weighted by molar-refractivity contribution is -0.146. The first-order valence-corrected chi connectivity index (χ1v) is 14.7. The number of amides is 3. The van der Waals surface area contributed by atoms with Gasteiger partial charge in [0.1, 0.15) is 6.04 Å². The van der Waals surface area contributed by atoms with E-state index >= 15 is 0 Å². The number of likely N-dealkylation sites (tertiary alicyclic amines) is 1. The van der Waals surface area contributed by atoms with E-state index in [0.29, 0.717) is 19.6 Å². The number of hydrogen-bond donors (Lipinski definition) is 1. The van der Waals surface area contributed by atoms with Crippen LogP contribution in [0.25, 0.3) is 0 Å². The molecule has 0 radical (unpaired) electrons. The Bertz CT molecular complexity index is 971. The maximum atomic E-state index is 14.5. The van der Waals surface area contributed by atoms with Crippen molar-refractivity contribution in [1.82, 2.24) is 14.7 Å². The highest BCUT2D eigenvalue weighted by Crippen LogP contribution is 2.61. The molecular formula is C29H45N3O4S. The van der Waals surface area contributed by atoms with Crippen LogP contribution in [0.2, 0.25) is 0 Å². The van der Waals surface area contributed by atoms with Gasteiger partial charge >= 0.3 is 0 Å². The Morgan fingerprint density at radius 3 is 2.35 bits per heavy atom. The number of hydrogen-bond acceptors (Lipinski definition) is 5. The van der Waals surface area contributed by atoms with Crippen molar-refractivity contribution in [3.8, 4) is 0 Å². The molecule has 8 heteroatoms. The Morgan fingerprint density at radius 2 is 1.68 bits per heavy atom. The summed E-state index contributed by atoms with van der Waals surface area (Å²) in [6.07, 6.45) is 12.4. The van der Waals surface area contributed by atoms with Gasteiger partial charge in [0.15, 0.2) is 0 Å². The summed E-state index contributed by atoms with van der Waals surface area (Å²) in [6, 6.07) is -0.621. The average Bonchev–Trinajstić information content (AvgIpc) is 3.10. The molecule has 4 aliphatic heterocycles. The maximum Gasteiger partial charge on any atom is 0.247 e. The third-order valence-electron chi connectivity index (χ3n) is 8.36. The van der Waals surface area contributed by atoms with Crippen LogP contribution >= 0.6 is 11.8 Å². The van der Waals surface area contributed by atoms with E-state index in [9.17, 15) is 14.4 Å². The second-order valence-electron chi connectivity index (χ2n) is 13.1. The molecule has 0 saturated carbocycles. The fourth-order valence-electron chi connectivity index (χ4n) is 7.19. The van der Waals surface area contributed by atoms with Crippen molar-refractivity contribution < 1.29 is 19.5 Å². The van der Waals surface area contributed by atoms with Gasteiger partial charge in [0.25, 0.3) is 0 Å². The van der Waals surface area contributed by atoms with Gasteiger partial charge in [0, 0.05) is 44.1 Å². The van der Waals surface area contributed by atoms with Gasteiger partial charge in [-0.15, -0.1) is 11.8 Å². The molecule has 1 N–H and O–H groups in total. The lowest BCUT2D eigenvalue weighted by Crippen LogP contribution is -2.58. The van der Waals surface area contributed by atoms with Crippen LogP contribution in [0, 0.1) is 17.3 Å². The van der Waals surface area contributed by atoms with E-state index in [1.165, 1.54) is 0 Å². The number of fused-ring (bicyclic) bond motifs is 2. The minimum atomic E-state index is -0.751. The van der Waals surface area contributed by atoms with Crippen molar-refractivity contribution >= 4 is 29.5 Å². The number of rotatable bonds is 8. The molecule has 206 valence electrons.